The van der Waals surface area contributed by atoms with Gasteiger partial charge in [-0.25, -0.2) is 14.8 Å². The molecule has 7 nitrogen and oxygen atoms in total. The fourth-order valence-electron chi connectivity index (χ4n) is 3.95. The van der Waals surface area contributed by atoms with Crippen LogP contribution < -0.4 is 10.1 Å². The minimum absolute atomic E-state index is 0.135. The van der Waals surface area contributed by atoms with Crippen LogP contribution in [0.1, 0.15) is 34.1 Å². The van der Waals surface area contributed by atoms with Gasteiger partial charge in [0.15, 0.2) is 0 Å². The molecule has 0 radical (unpaired) electrons. The van der Waals surface area contributed by atoms with Crippen molar-refractivity contribution in [3.05, 3.63) is 83.3 Å². The Labute approximate surface area is 193 Å². The molecular weight excluding hydrogens is 416 g/mol. The first-order chi connectivity index (χ1) is 16.1. The Morgan fingerprint density at radius 3 is 2.70 bits per heavy atom. The molecule has 0 saturated heterocycles. The number of para-hydroxylation sites is 2. The molecule has 2 N–H and O–H groups in total. The van der Waals surface area contributed by atoms with Crippen molar-refractivity contribution < 1.29 is 14.6 Å². The number of fused-ring (bicyclic) bond motifs is 1. The summed E-state index contributed by atoms with van der Waals surface area (Å²) in [4.78, 5) is 20.4. The number of aryl methyl sites for hydroxylation is 4. The number of nitrogens with one attached hydrogen (secondary N) is 1. The van der Waals surface area contributed by atoms with Gasteiger partial charge in [-0.1, -0.05) is 36.4 Å². The van der Waals surface area contributed by atoms with E-state index in [1.165, 1.54) is 22.7 Å². The first-order valence-corrected chi connectivity index (χ1v) is 11.1. The first-order valence-electron chi connectivity index (χ1n) is 11.1. The molecule has 0 amide bonds. The molecule has 0 spiro atoms. The fourth-order valence-corrected chi connectivity index (χ4v) is 3.95. The van der Waals surface area contributed by atoms with Gasteiger partial charge >= 0.3 is 5.97 Å². The zero-order chi connectivity index (χ0) is 23.2. The first kappa shape index (κ1) is 22.3. The molecule has 0 atom stereocenters. The molecule has 0 bridgehead atoms. The smallest absolute Gasteiger partial charge is 0.339 e. The van der Waals surface area contributed by atoms with Crippen LogP contribution in [0.5, 0.6) is 5.75 Å². The number of hydrogen-bond acceptors (Lipinski definition) is 5. The van der Waals surface area contributed by atoms with Gasteiger partial charge in [0.1, 0.15) is 12.4 Å². The second kappa shape index (κ2) is 10.2. The summed E-state index contributed by atoms with van der Waals surface area (Å²) in [6, 6.07) is 16.1. The van der Waals surface area contributed by atoms with Gasteiger partial charge in [0.2, 0.25) is 5.95 Å². The summed E-state index contributed by atoms with van der Waals surface area (Å²) in [5.74, 6) is 0.225. The fraction of sp³-hybridized carbons (Fsp3) is 0.269. The number of benzene rings is 2. The molecule has 2 heterocycles. The predicted octanol–water partition coefficient (Wildman–Crippen LogP) is 4.73. The number of anilines is 1. The van der Waals surface area contributed by atoms with Gasteiger partial charge in [0, 0.05) is 29.8 Å². The number of carbonyl (C=O) groups is 1. The van der Waals surface area contributed by atoms with Crippen molar-refractivity contribution in [3.8, 4) is 5.75 Å². The second-order valence-corrected chi connectivity index (χ2v) is 7.86. The van der Waals surface area contributed by atoms with Crippen LogP contribution in [0.2, 0.25) is 0 Å². The highest BCUT2D eigenvalue weighted by atomic mass is 16.5. The Kier molecular flexibility index (Phi) is 6.88. The van der Waals surface area contributed by atoms with Crippen molar-refractivity contribution in [1.82, 2.24) is 14.5 Å². The lowest BCUT2D eigenvalue weighted by atomic mass is 10.0. The molecule has 0 saturated carbocycles. The Bertz CT molecular complexity index is 1270. The molecule has 0 aliphatic rings. The highest BCUT2D eigenvalue weighted by Crippen LogP contribution is 2.23. The van der Waals surface area contributed by atoms with Crippen LogP contribution in [0.4, 0.5) is 5.95 Å². The van der Waals surface area contributed by atoms with Gasteiger partial charge in [-0.3, -0.25) is 0 Å². The van der Waals surface area contributed by atoms with E-state index in [1.54, 1.807) is 0 Å². The third-order valence-corrected chi connectivity index (χ3v) is 5.68. The minimum Gasteiger partial charge on any atom is -0.491 e. The van der Waals surface area contributed by atoms with Gasteiger partial charge in [0.25, 0.3) is 0 Å². The van der Waals surface area contributed by atoms with Gasteiger partial charge in [-0.05, 0) is 49.9 Å². The third kappa shape index (κ3) is 5.14. The maximum absolute atomic E-state index is 11.7. The number of rotatable bonds is 10. The normalized spacial score (nSPS) is 11.0. The molecule has 2 aromatic carbocycles. The molecule has 4 rings (SSSR count). The van der Waals surface area contributed by atoms with Crippen molar-refractivity contribution in [2.75, 3.05) is 18.5 Å². The molecular formula is C26H28N4O3. The lowest BCUT2D eigenvalue weighted by molar-refractivity contribution is 0.0694. The number of ether oxygens (including phenoxy) is 1. The van der Waals surface area contributed by atoms with Crippen molar-refractivity contribution in [2.45, 2.75) is 33.2 Å². The van der Waals surface area contributed by atoms with Crippen molar-refractivity contribution >= 4 is 22.8 Å². The van der Waals surface area contributed by atoms with Crippen LogP contribution >= 0.6 is 0 Å². The van der Waals surface area contributed by atoms with E-state index in [-0.39, 0.29) is 5.56 Å². The Hall–Kier alpha value is -3.87. The number of carboxylic acids is 1. The number of aromatic carboxylic acids is 1. The van der Waals surface area contributed by atoms with E-state index in [0.29, 0.717) is 37.6 Å². The Balaban J connectivity index is 1.44. The summed E-state index contributed by atoms with van der Waals surface area (Å²) >= 11 is 0. The second-order valence-electron chi connectivity index (χ2n) is 7.86. The summed E-state index contributed by atoms with van der Waals surface area (Å²) < 4.78 is 8.01. The zero-order valence-electron chi connectivity index (χ0n) is 18.9. The van der Waals surface area contributed by atoms with Gasteiger partial charge < -0.3 is 19.7 Å². The largest absolute Gasteiger partial charge is 0.491 e. The summed E-state index contributed by atoms with van der Waals surface area (Å²) in [6.45, 7) is 5.95. The predicted molar refractivity (Wildman–Crippen MR) is 129 cm³/mol. The summed E-state index contributed by atoms with van der Waals surface area (Å²) in [5, 5.41) is 13.9. The zero-order valence-corrected chi connectivity index (χ0v) is 18.9. The average molecular weight is 445 g/mol. The van der Waals surface area contributed by atoms with E-state index >= 15 is 0 Å². The SMILES string of the molecule is CCn1cc(CCc2nc(NCCOc3ccccc3C)ncc2C(=O)O)c2ccccc21. The molecule has 0 aliphatic heterocycles. The van der Waals surface area contributed by atoms with Crippen LogP contribution in [-0.4, -0.2) is 38.8 Å². The highest BCUT2D eigenvalue weighted by Gasteiger charge is 2.15. The lowest BCUT2D eigenvalue weighted by Gasteiger charge is -2.11. The maximum atomic E-state index is 11.7. The summed E-state index contributed by atoms with van der Waals surface area (Å²) in [6.07, 6.45) is 4.73. The van der Waals surface area contributed by atoms with E-state index in [4.69, 9.17) is 4.74 Å². The molecule has 0 unspecified atom stereocenters. The third-order valence-electron chi connectivity index (χ3n) is 5.68. The lowest BCUT2D eigenvalue weighted by Crippen LogP contribution is -2.16. The van der Waals surface area contributed by atoms with E-state index in [0.717, 1.165) is 17.9 Å². The minimum atomic E-state index is -1.02. The van der Waals surface area contributed by atoms with Crippen LogP contribution in [0.15, 0.2) is 60.9 Å². The number of aromatic nitrogens is 3. The average Bonchev–Trinajstić information content (AvgIpc) is 3.19. The van der Waals surface area contributed by atoms with Crippen LogP contribution in [-0.2, 0) is 19.4 Å². The monoisotopic (exact) mass is 444 g/mol. The van der Waals surface area contributed by atoms with Crippen molar-refractivity contribution in [1.29, 1.82) is 0 Å². The molecule has 2 aromatic heterocycles. The van der Waals surface area contributed by atoms with Crippen LogP contribution in [0, 0.1) is 6.92 Å². The number of carboxylic acid groups (broad SMARTS) is 1. The topological polar surface area (TPSA) is 89.3 Å². The molecule has 0 aliphatic carbocycles. The van der Waals surface area contributed by atoms with E-state index in [1.807, 2.05) is 43.3 Å². The molecule has 33 heavy (non-hydrogen) atoms. The summed E-state index contributed by atoms with van der Waals surface area (Å²) in [5.41, 5.74) is 4.10. The Morgan fingerprint density at radius 2 is 1.91 bits per heavy atom. The van der Waals surface area contributed by atoms with Crippen molar-refractivity contribution in [2.24, 2.45) is 0 Å². The van der Waals surface area contributed by atoms with Gasteiger partial charge in [-0.15, -0.1) is 0 Å². The van der Waals surface area contributed by atoms with Gasteiger partial charge in [-0.2, -0.15) is 0 Å². The quantitative estimate of drug-likeness (QED) is 0.344. The molecule has 7 heteroatoms. The van der Waals surface area contributed by atoms with Gasteiger partial charge in [0.05, 0.1) is 17.8 Å². The van der Waals surface area contributed by atoms with E-state index < -0.39 is 5.97 Å². The Morgan fingerprint density at radius 1 is 1.12 bits per heavy atom. The maximum Gasteiger partial charge on any atom is 0.339 e. The van der Waals surface area contributed by atoms with Crippen LogP contribution in [0.3, 0.4) is 0 Å². The van der Waals surface area contributed by atoms with Crippen LogP contribution in [0.25, 0.3) is 10.9 Å². The standard InChI is InChI=1S/C26H28N4O3/c1-3-30-17-19(20-9-5-6-10-23(20)30)12-13-22-21(25(31)32)16-28-26(29-22)27-14-15-33-24-11-7-4-8-18(24)2/h4-11,16-17H,3,12-15H2,1-2H3,(H,31,32)(H,27,28,29). The highest BCUT2D eigenvalue weighted by molar-refractivity contribution is 5.88. The molecule has 170 valence electrons. The summed E-state index contributed by atoms with van der Waals surface area (Å²) in [7, 11) is 0. The number of nitrogens with zero attached hydrogens (tertiary/aromatic N) is 3. The molecule has 0 fully saturated rings. The molecule has 4 aromatic rings. The van der Waals surface area contributed by atoms with Crippen molar-refractivity contribution in [3.63, 3.8) is 0 Å². The number of hydrogen-bond donors (Lipinski definition) is 2. The van der Waals surface area contributed by atoms with E-state index in [9.17, 15) is 9.90 Å². The van der Waals surface area contributed by atoms with E-state index in [2.05, 4.69) is 45.1 Å².